The number of nitrogens with one attached hydrogen (secondary N) is 2. The van der Waals surface area contributed by atoms with Crippen LogP contribution in [0.15, 0.2) is 71.6 Å². The second-order valence-electron chi connectivity index (χ2n) is 7.46. The van der Waals surface area contributed by atoms with Gasteiger partial charge in [0.05, 0.1) is 23.1 Å². The Hall–Kier alpha value is -4.34. The van der Waals surface area contributed by atoms with Crippen LogP contribution in [0.2, 0.25) is 0 Å². The molecular weight excluding hydrogens is 435 g/mol. The number of halogens is 3. The van der Waals surface area contributed by atoms with E-state index in [9.17, 15) is 18.0 Å². The fraction of sp³-hybridized carbons (Fsp3) is 0.0870. The van der Waals surface area contributed by atoms with Gasteiger partial charge in [-0.2, -0.15) is 18.3 Å². The van der Waals surface area contributed by atoms with E-state index < -0.39 is 17.6 Å². The summed E-state index contributed by atoms with van der Waals surface area (Å²) in [6.45, 7) is 1.70. The Labute approximate surface area is 184 Å². The zero-order valence-corrected chi connectivity index (χ0v) is 17.1. The molecule has 3 aromatic heterocycles. The second kappa shape index (κ2) is 7.66. The lowest BCUT2D eigenvalue weighted by atomic mass is 10.1. The summed E-state index contributed by atoms with van der Waals surface area (Å²) in [6, 6.07) is 12.0. The van der Waals surface area contributed by atoms with Gasteiger partial charge in [-0.1, -0.05) is 11.2 Å². The number of alkyl halides is 3. The minimum atomic E-state index is -4.39. The summed E-state index contributed by atoms with van der Waals surface area (Å²) in [7, 11) is 0. The summed E-state index contributed by atoms with van der Waals surface area (Å²) in [5.74, 6) is 0.139. The highest BCUT2D eigenvalue weighted by Gasteiger charge is 2.30. The molecule has 0 bridgehead atoms. The lowest BCUT2D eigenvalue weighted by Gasteiger charge is -2.07. The van der Waals surface area contributed by atoms with Gasteiger partial charge < -0.3 is 14.8 Å². The van der Waals surface area contributed by atoms with E-state index in [0.29, 0.717) is 17.1 Å². The first-order chi connectivity index (χ1) is 15.8. The minimum Gasteiger partial charge on any atom is -0.361 e. The fourth-order valence-electron chi connectivity index (χ4n) is 3.48. The molecule has 0 unspecified atom stereocenters. The van der Waals surface area contributed by atoms with Gasteiger partial charge in [0.25, 0.3) is 5.91 Å². The molecule has 7 nitrogen and oxygen atoms in total. The Bertz CT molecular complexity index is 1460. The number of aromatic nitrogens is 4. The van der Waals surface area contributed by atoms with E-state index in [0.717, 1.165) is 34.2 Å². The Kier molecular flexibility index (Phi) is 4.77. The number of aromatic amines is 1. The predicted molar refractivity (Wildman–Crippen MR) is 115 cm³/mol. The number of fused-ring (bicyclic) bond motifs is 1. The number of carbonyl (C=O) groups excluding carboxylic acids is 1. The third kappa shape index (κ3) is 3.98. The van der Waals surface area contributed by atoms with Crippen molar-refractivity contribution < 1.29 is 22.5 Å². The van der Waals surface area contributed by atoms with Crippen LogP contribution in [0.1, 0.15) is 21.8 Å². The number of amides is 1. The van der Waals surface area contributed by atoms with Gasteiger partial charge in [0.2, 0.25) is 0 Å². The standard InChI is InChI=1S/C23H16F3N5O2/c1-13-8-20(30-33-13)22(32)29-21-11-27-19-7-2-14(9-18(19)21)15-10-28-31(12-15)17-5-3-16(4-6-17)23(24,25)26/h2-12,27H,1H3,(H,29,32). The van der Waals surface area contributed by atoms with E-state index in [1.165, 1.54) is 16.8 Å². The van der Waals surface area contributed by atoms with E-state index in [1.54, 1.807) is 31.6 Å². The maximum atomic E-state index is 12.8. The van der Waals surface area contributed by atoms with Crippen LogP contribution in [0.25, 0.3) is 27.7 Å². The van der Waals surface area contributed by atoms with E-state index in [1.807, 2.05) is 18.2 Å². The molecule has 0 atom stereocenters. The average molecular weight is 451 g/mol. The second-order valence-corrected chi connectivity index (χ2v) is 7.46. The summed E-state index contributed by atoms with van der Waals surface area (Å²) >= 11 is 0. The maximum absolute atomic E-state index is 12.8. The van der Waals surface area contributed by atoms with E-state index in [-0.39, 0.29) is 5.69 Å². The van der Waals surface area contributed by atoms with Crippen molar-refractivity contribution in [3.05, 3.63) is 84.1 Å². The smallest absolute Gasteiger partial charge is 0.361 e. The van der Waals surface area contributed by atoms with Gasteiger partial charge in [-0.25, -0.2) is 4.68 Å². The number of benzene rings is 2. The van der Waals surface area contributed by atoms with Gasteiger partial charge in [0.1, 0.15) is 5.76 Å². The van der Waals surface area contributed by atoms with Crippen molar-refractivity contribution in [1.82, 2.24) is 19.9 Å². The van der Waals surface area contributed by atoms with Crippen molar-refractivity contribution in [1.29, 1.82) is 0 Å². The molecule has 33 heavy (non-hydrogen) atoms. The summed E-state index contributed by atoms with van der Waals surface area (Å²) in [5, 5.41) is 11.6. The molecular formula is C23H16F3N5O2. The molecule has 2 N–H and O–H groups in total. The molecule has 5 rings (SSSR count). The molecule has 0 fully saturated rings. The number of rotatable bonds is 4. The number of H-pyrrole nitrogens is 1. The zero-order valence-electron chi connectivity index (χ0n) is 17.1. The van der Waals surface area contributed by atoms with E-state index in [2.05, 4.69) is 20.6 Å². The molecule has 0 aliphatic heterocycles. The van der Waals surface area contributed by atoms with Crippen molar-refractivity contribution in [2.75, 3.05) is 5.32 Å². The van der Waals surface area contributed by atoms with Crippen LogP contribution in [0.5, 0.6) is 0 Å². The predicted octanol–water partition coefficient (Wildman–Crippen LogP) is 5.59. The van der Waals surface area contributed by atoms with Crippen LogP contribution in [-0.4, -0.2) is 25.8 Å². The number of anilines is 1. The van der Waals surface area contributed by atoms with Crippen molar-refractivity contribution in [3.63, 3.8) is 0 Å². The molecule has 0 spiro atoms. The van der Waals surface area contributed by atoms with E-state index in [4.69, 9.17) is 4.52 Å². The Morgan fingerprint density at radius 1 is 1.09 bits per heavy atom. The molecule has 5 aromatic rings. The van der Waals surface area contributed by atoms with Gasteiger partial charge in [0, 0.05) is 34.9 Å². The van der Waals surface area contributed by atoms with Crippen molar-refractivity contribution in [2.45, 2.75) is 13.1 Å². The first-order valence-electron chi connectivity index (χ1n) is 9.86. The Morgan fingerprint density at radius 2 is 1.88 bits per heavy atom. The van der Waals surface area contributed by atoms with Gasteiger partial charge in [-0.05, 0) is 48.9 Å². The van der Waals surface area contributed by atoms with Gasteiger partial charge >= 0.3 is 6.18 Å². The third-order valence-electron chi connectivity index (χ3n) is 5.17. The van der Waals surface area contributed by atoms with Crippen LogP contribution in [0.3, 0.4) is 0 Å². The molecule has 0 aliphatic carbocycles. The SMILES string of the molecule is Cc1cc(C(=O)Nc2c[nH]c3ccc(-c4cnn(-c5ccc(C(F)(F)F)cc5)c4)cc23)no1. The maximum Gasteiger partial charge on any atom is 0.416 e. The molecule has 166 valence electrons. The van der Waals surface area contributed by atoms with Crippen LogP contribution in [-0.2, 0) is 6.18 Å². The summed E-state index contributed by atoms with van der Waals surface area (Å²) in [6.07, 6.45) is 0.652. The fourth-order valence-corrected chi connectivity index (χ4v) is 3.48. The molecule has 0 radical (unpaired) electrons. The Morgan fingerprint density at radius 3 is 2.58 bits per heavy atom. The molecule has 0 saturated carbocycles. The summed E-state index contributed by atoms with van der Waals surface area (Å²) in [4.78, 5) is 15.5. The first-order valence-corrected chi connectivity index (χ1v) is 9.86. The molecule has 3 heterocycles. The van der Waals surface area contributed by atoms with Crippen molar-refractivity contribution in [2.24, 2.45) is 0 Å². The van der Waals surface area contributed by atoms with Crippen LogP contribution >= 0.6 is 0 Å². The number of nitrogens with zero attached hydrogens (tertiary/aromatic N) is 3. The molecule has 10 heteroatoms. The van der Waals surface area contributed by atoms with Crippen LogP contribution in [0, 0.1) is 6.92 Å². The van der Waals surface area contributed by atoms with Gasteiger partial charge in [0.15, 0.2) is 5.69 Å². The summed E-state index contributed by atoms with van der Waals surface area (Å²) < 4.78 is 44.8. The minimum absolute atomic E-state index is 0.177. The van der Waals surface area contributed by atoms with Crippen molar-refractivity contribution >= 4 is 22.5 Å². The molecule has 0 saturated heterocycles. The van der Waals surface area contributed by atoms with Crippen LogP contribution in [0.4, 0.5) is 18.9 Å². The van der Waals surface area contributed by atoms with Gasteiger partial charge in [-0.15, -0.1) is 0 Å². The Balaban J connectivity index is 1.42. The molecule has 2 aromatic carbocycles. The molecule has 1 amide bonds. The normalized spacial score (nSPS) is 11.8. The number of hydrogen-bond acceptors (Lipinski definition) is 4. The highest BCUT2D eigenvalue weighted by molar-refractivity contribution is 6.08. The quantitative estimate of drug-likeness (QED) is 0.373. The third-order valence-corrected chi connectivity index (χ3v) is 5.17. The topological polar surface area (TPSA) is 88.7 Å². The van der Waals surface area contributed by atoms with Crippen LogP contribution < -0.4 is 5.32 Å². The monoisotopic (exact) mass is 451 g/mol. The molecule has 0 aliphatic rings. The number of hydrogen-bond donors (Lipinski definition) is 2. The first kappa shape index (κ1) is 20.6. The van der Waals surface area contributed by atoms with Crippen molar-refractivity contribution in [3.8, 4) is 16.8 Å². The highest BCUT2D eigenvalue weighted by Crippen LogP contribution is 2.31. The lowest BCUT2D eigenvalue weighted by molar-refractivity contribution is -0.137. The highest BCUT2D eigenvalue weighted by atomic mass is 19.4. The summed E-state index contributed by atoms with van der Waals surface area (Å²) in [5.41, 5.74) is 2.96. The zero-order chi connectivity index (χ0) is 23.2. The largest absolute Gasteiger partial charge is 0.416 e. The van der Waals surface area contributed by atoms with Gasteiger partial charge in [-0.3, -0.25) is 4.79 Å². The number of carbonyl (C=O) groups is 1. The average Bonchev–Trinajstić information content (AvgIpc) is 3.53. The van der Waals surface area contributed by atoms with E-state index >= 15 is 0 Å². The number of aryl methyl sites for hydroxylation is 1. The lowest BCUT2D eigenvalue weighted by Crippen LogP contribution is -2.11.